The Balaban J connectivity index is 1.16. The van der Waals surface area contributed by atoms with Crippen LogP contribution < -0.4 is 4.72 Å². The first-order chi connectivity index (χ1) is 25.5. The summed E-state index contributed by atoms with van der Waals surface area (Å²) in [4.78, 5) is 72.8. The third kappa shape index (κ3) is 8.63. The lowest BCUT2D eigenvalue weighted by molar-refractivity contribution is -0.143. The van der Waals surface area contributed by atoms with Crippen molar-refractivity contribution in [1.82, 2.24) is 14.5 Å². The second kappa shape index (κ2) is 15.9. The highest BCUT2D eigenvalue weighted by atomic mass is 32.2. The van der Waals surface area contributed by atoms with E-state index in [2.05, 4.69) is 22.9 Å². The number of hydrogen-bond acceptors (Lipinski definition) is 8. The van der Waals surface area contributed by atoms with E-state index in [1.807, 2.05) is 24.3 Å². The molecule has 4 heterocycles. The normalized spacial score (nSPS) is 31.8. The highest BCUT2D eigenvalue weighted by molar-refractivity contribution is 7.90. The van der Waals surface area contributed by atoms with Crippen LogP contribution in [0.25, 0.3) is 6.08 Å². The molecular weight excluding hydrogens is 695 g/mol. The zero-order valence-electron chi connectivity index (χ0n) is 30.6. The first-order valence-electron chi connectivity index (χ1n) is 19.8. The molecule has 3 fully saturated rings. The van der Waals surface area contributed by atoms with Gasteiger partial charge in [-0.3, -0.25) is 28.8 Å². The minimum atomic E-state index is -3.83. The van der Waals surface area contributed by atoms with E-state index in [0.717, 1.165) is 74.5 Å². The van der Waals surface area contributed by atoms with Crippen LogP contribution in [0.1, 0.15) is 126 Å². The van der Waals surface area contributed by atoms with Gasteiger partial charge in [-0.05, 0) is 80.4 Å². The van der Waals surface area contributed by atoms with Crippen molar-refractivity contribution in [3.8, 4) is 0 Å². The molecule has 2 aliphatic carbocycles. The van der Waals surface area contributed by atoms with E-state index in [9.17, 15) is 32.4 Å². The van der Waals surface area contributed by atoms with E-state index >= 15 is 0 Å². The Morgan fingerprint density at radius 1 is 0.906 bits per heavy atom. The largest absolute Gasteiger partial charge is 0.444 e. The van der Waals surface area contributed by atoms with Crippen molar-refractivity contribution in [2.24, 2.45) is 17.3 Å². The molecule has 3 amide bonds. The van der Waals surface area contributed by atoms with Crippen molar-refractivity contribution in [2.45, 2.75) is 140 Å². The van der Waals surface area contributed by atoms with Crippen molar-refractivity contribution in [1.29, 1.82) is 0 Å². The number of carbonyl (C=O) groups is 5. The lowest BCUT2D eigenvalue weighted by Gasteiger charge is -2.29. The van der Waals surface area contributed by atoms with Gasteiger partial charge in [0.1, 0.15) is 11.9 Å². The molecule has 5 atom stereocenters. The van der Waals surface area contributed by atoms with Gasteiger partial charge in [-0.1, -0.05) is 68.2 Å². The van der Waals surface area contributed by atoms with E-state index in [4.69, 9.17) is 4.74 Å². The average molecular weight is 748 g/mol. The minimum Gasteiger partial charge on any atom is -0.444 e. The highest BCUT2D eigenvalue weighted by Crippen LogP contribution is 2.57. The van der Waals surface area contributed by atoms with E-state index in [0.29, 0.717) is 45.2 Å². The number of nitrogens with zero attached hydrogens (tertiary/aromatic N) is 2. The van der Waals surface area contributed by atoms with Crippen LogP contribution in [0.5, 0.6) is 0 Å². The van der Waals surface area contributed by atoms with Crippen molar-refractivity contribution in [3.05, 3.63) is 53.1 Å². The van der Waals surface area contributed by atoms with Crippen molar-refractivity contribution < 1.29 is 37.1 Å². The maximum Gasteiger partial charge on any atom is 0.410 e. The monoisotopic (exact) mass is 747 g/mol. The van der Waals surface area contributed by atoms with Gasteiger partial charge < -0.3 is 9.64 Å². The number of ether oxygens (including phenoxy) is 1. The van der Waals surface area contributed by atoms with E-state index in [-0.39, 0.29) is 49.2 Å². The van der Waals surface area contributed by atoms with Crippen LogP contribution in [0.3, 0.4) is 0 Å². The number of allylic oxidation sites excluding steroid dienone is 3. The predicted molar refractivity (Wildman–Crippen MR) is 198 cm³/mol. The quantitative estimate of drug-likeness (QED) is 0.363. The van der Waals surface area contributed by atoms with Gasteiger partial charge in [-0.2, -0.15) is 0 Å². The third-order valence-electron chi connectivity index (χ3n) is 12.2. The lowest BCUT2D eigenvalue weighted by Crippen LogP contribution is -2.46. The molecule has 0 aromatic heterocycles. The average Bonchev–Trinajstić information content (AvgIpc) is 4.01. The number of hydrogen-bond donors (Lipinski definition) is 1. The van der Waals surface area contributed by atoms with E-state index in [1.165, 1.54) is 4.90 Å². The van der Waals surface area contributed by atoms with Gasteiger partial charge in [-0.15, -0.1) is 0 Å². The Bertz CT molecular complexity index is 1780. The van der Waals surface area contributed by atoms with Gasteiger partial charge >= 0.3 is 6.09 Å². The van der Waals surface area contributed by atoms with Crippen molar-refractivity contribution >= 4 is 45.6 Å². The number of Topliss-reactive ketones (excluding diaryl/α,β-unsaturated/α-hetero) is 2. The Hall–Kier alpha value is -3.80. The Kier molecular flexibility index (Phi) is 11.2. The van der Waals surface area contributed by atoms with Gasteiger partial charge in [0.15, 0.2) is 5.78 Å². The summed E-state index contributed by atoms with van der Waals surface area (Å²) >= 11 is 0. The van der Waals surface area contributed by atoms with Gasteiger partial charge in [0.2, 0.25) is 21.8 Å². The zero-order valence-corrected chi connectivity index (χ0v) is 31.5. The molecule has 1 aromatic carbocycles. The second-order valence-electron chi connectivity index (χ2n) is 16.2. The maximum absolute atomic E-state index is 14.5. The van der Waals surface area contributed by atoms with E-state index in [1.54, 1.807) is 4.90 Å². The minimum absolute atomic E-state index is 0.0129. The summed E-state index contributed by atoms with van der Waals surface area (Å²) in [5, 5.41) is -0.588. The highest BCUT2D eigenvalue weighted by Gasteiger charge is 2.61. The smallest absolute Gasteiger partial charge is 0.410 e. The predicted octanol–water partition coefficient (Wildman–Crippen LogP) is 6.15. The molecule has 0 spiro atoms. The zero-order chi connectivity index (χ0) is 37.2. The molecule has 1 N–H and O–H groups in total. The van der Waals surface area contributed by atoms with Gasteiger partial charge in [-0.25, -0.2) is 13.2 Å². The number of rotatable bonds is 3. The molecule has 11 nitrogen and oxygen atoms in total. The fourth-order valence-corrected chi connectivity index (χ4v) is 10.2. The summed E-state index contributed by atoms with van der Waals surface area (Å²) in [6.07, 6.45) is 17.1. The summed E-state index contributed by atoms with van der Waals surface area (Å²) in [6, 6.07) is 5.10. The van der Waals surface area contributed by atoms with Crippen LogP contribution in [-0.4, -0.2) is 71.6 Å². The van der Waals surface area contributed by atoms with Crippen LogP contribution in [0, 0.1) is 17.3 Å². The van der Waals surface area contributed by atoms with Crippen LogP contribution in [-0.2, 0) is 47.0 Å². The molecule has 0 unspecified atom stereocenters. The van der Waals surface area contributed by atoms with Crippen LogP contribution in [0.2, 0.25) is 0 Å². The van der Waals surface area contributed by atoms with Gasteiger partial charge in [0.25, 0.3) is 0 Å². The van der Waals surface area contributed by atoms with Crippen molar-refractivity contribution in [3.63, 3.8) is 0 Å². The molecule has 1 saturated heterocycles. The molecule has 12 heteroatoms. The summed E-state index contributed by atoms with van der Waals surface area (Å²) in [7, 11) is -3.83. The van der Waals surface area contributed by atoms with E-state index < -0.39 is 50.8 Å². The fraction of sp³-hybridized carbons (Fsp3) is 0.634. The summed E-state index contributed by atoms with van der Waals surface area (Å²) in [5.41, 5.74) is 1.98. The first-order valence-corrected chi connectivity index (χ1v) is 21.4. The Morgan fingerprint density at radius 3 is 2.49 bits per heavy atom. The molecule has 7 rings (SSSR count). The number of benzene rings is 1. The number of amides is 3. The van der Waals surface area contributed by atoms with Crippen LogP contribution >= 0.6 is 0 Å². The molecule has 6 aliphatic rings. The number of nitrogens with one attached hydrogen (secondary N) is 1. The lowest BCUT2D eigenvalue weighted by atomic mass is 9.90. The van der Waals surface area contributed by atoms with Gasteiger partial charge in [0.05, 0.1) is 29.8 Å². The number of ketones is 2. The van der Waals surface area contributed by atoms with Crippen LogP contribution in [0.4, 0.5) is 4.79 Å². The molecule has 5 bridgehead atoms. The molecule has 2 saturated carbocycles. The standard InChI is InChI=1S/C41H53N3O8S/c45-32-18-11-7-2-1-4-8-13-28-15-12-16-30-25-43(27-35(28)30)40(49)52-33-22-36-37(46)24-41(39(48)42-53(50,51)34-19-20-34)23-31(41)17-10-6-3-5-9-14-29(21-32)38(47)44(36)26-33/h8,10,12-13,15-17,29,31,33-34,36H,1-7,9,11,14,18-27H2,(H,42,48)/b13-8+,17-10-/t29-,31-,33-,36+,41-/m1/s1. The van der Waals surface area contributed by atoms with Crippen molar-refractivity contribution in [2.75, 3.05) is 6.54 Å². The number of fused-ring (bicyclic) bond motifs is 4. The number of carbonyl (C=O) groups excluding carboxylic acids is 5. The molecule has 4 aliphatic heterocycles. The Labute approximate surface area is 313 Å². The maximum atomic E-state index is 14.5. The summed E-state index contributed by atoms with van der Waals surface area (Å²) < 4.78 is 34.0. The summed E-state index contributed by atoms with van der Waals surface area (Å²) in [6.45, 7) is 0.806. The topological polar surface area (TPSA) is 147 Å². The van der Waals surface area contributed by atoms with Gasteiger partial charge in [0, 0.05) is 38.1 Å². The van der Waals surface area contributed by atoms with Crippen LogP contribution in [0.15, 0.2) is 36.4 Å². The Morgan fingerprint density at radius 2 is 1.68 bits per heavy atom. The fourth-order valence-electron chi connectivity index (χ4n) is 8.80. The summed E-state index contributed by atoms with van der Waals surface area (Å²) in [5.74, 6) is -2.17. The molecular formula is C41H53N3O8S. The second-order valence-corrected chi connectivity index (χ2v) is 18.2. The third-order valence-corrected chi connectivity index (χ3v) is 14.0. The molecule has 286 valence electrons. The molecule has 53 heavy (non-hydrogen) atoms. The molecule has 1 aromatic rings. The SMILES string of the molecule is O=C1CCCCCC/C=C/c2cccc3c2CN(C3)C(=O)O[C@@H]2C[C@H]3C(=O)C[C@]4(C(=O)NS(=O)(=O)C5CC5)C[C@H]4/C=C\CCCCC[C@H](C1)C(=O)N3C2. The number of sulfonamides is 1. The molecule has 0 radical (unpaired) electrons. The first kappa shape index (κ1) is 37.5.